The molecular weight excluding hydrogens is 234 g/mol. The van der Waals surface area contributed by atoms with Gasteiger partial charge in [0.1, 0.15) is 11.9 Å². The van der Waals surface area contributed by atoms with Gasteiger partial charge in [-0.1, -0.05) is 17.7 Å². The molecule has 0 heterocycles. The zero-order chi connectivity index (χ0) is 11.6. The molecule has 1 rings (SSSR count). The molecule has 1 nitrogen and oxygen atoms in total. The Kier molecular flexibility index (Phi) is 3.57. The van der Waals surface area contributed by atoms with Crippen molar-refractivity contribution in [2.75, 3.05) is 7.05 Å². The van der Waals surface area contributed by atoms with Crippen LogP contribution in [0.4, 0.5) is 17.6 Å². The quantitative estimate of drug-likeness (QED) is 0.784. The van der Waals surface area contributed by atoms with Crippen molar-refractivity contribution in [3.63, 3.8) is 0 Å². The first-order valence-corrected chi connectivity index (χ1v) is 4.43. The average Bonchev–Trinajstić information content (AvgIpc) is 2.10. The number of alkyl halides is 3. The van der Waals surface area contributed by atoms with E-state index in [-0.39, 0.29) is 10.6 Å². The molecule has 0 aliphatic rings. The monoisotopic (exact) mass is 241 g/mol. The van der Waals surface area contributed by atoms with Crippen molar-refractivity contribution in [3.05, 3.63) is 34.6 Å². The Labute approximate surface area is 89.0 Å². The van der Waals surface area contributed by atoms with Crippen LogP contribution in [0.1, 0.15) is 11.6 Å². The lowest BCUT2D eigenvalue weighted by Gasteiger charge is -2.19. The maximum atomic E-state index is 12.9. The number of halogens is 5. The summed E-state index contributed by atoms with van der Waals surface area (Å²) in [4.78, 5) is 0. The van der Waals surface area contributed by atoms with E-state index in [1.54, 1.807) is 0 Å². The van der Waals surface area contributed by atoms with Crippen LogP contribution in [-0.2, 0) is 0 Å². The summed E-state index contributed by atoms with van der Waals surface area (Å²) in [6.45, 7) is 0. The van der Waals surface area contributed by atoms with E-state index < -0.39 is 18.0 Å². The highest BCUT2D eigenvalue weighted by Gasteiger charge is 2.39. The third-order valence-electron chi connectivity index (χ3n) is 1.89. The van der Waals surface area contributed by atoms with Crippen molar-refractivity contribution < 1.29 is 17.6 Å². The summed E-state index contributed by atoms with van der Waals surface area (Å²) >= 11 is 5.37. The van der Waals surface area contributed by atoms with Crippen molar-refractivity contribution >= 4 is 11.6 Å². The van der Waals surface area contributed by atoms with Crippen LogP contribution in [0.5, 0.6) is 0 Å². The Hall–Kier alpha value is -0.810. The lowest BCUT2D eigenvalue weighted by molar-refractivity contribution is -0.156. The molecular formula is C9H8ClF4N. The van der Waals surface area contributed by atoms with E-state index in [2.05, 4.69) is 5.32 Å². The van der Waals surface area contributed by atoms with Crippen LogP contribution >= 0.6 is 11.6 Å². The number of hydrogen-bond donors (Lipinski definition) is 1. The number of hydrogen-bond acceptors (Lipinski definition) is 1. The van der Waals surface area contributed by atoms with Gasteiger partial charge in [-0.3, -0.25) is 0 Å². The highest BCUT2D eigenvalue weighted by Crippen LogP contribution is 2.33. The third kappa shape index (κ3) is 2.82. The van der Waals surface area contributed by atoms with Gasteiger partial charge in [-0.2, -0.15) is 13.2 Å². The van der Waals surface area contributed by atoms with E-state index in [9.17, 15) is 17.6 Å². The van der Waals surface area contributed by atoms with E-state index in [0.29, 0.717) is 0 Å². The second kappa shape index (κ2) is 4.37. The summed E-state index contributed by atoms with van der Waals surface area (Å²) < 4.78 is 50.2. The Morgan fingerprint density at radius 2 is 1.93 bits per heavy atom. The fourth-order valence-corrected chi connectivity index (χ4v) is 1.33. The first-order valence-electron chi connectivity index (χ1n) is 4.05. The van der Waals surface area contributed by atoms with Gasteiger partial charge in [0.2, 0.25) is 0 Å². The standard InChI is InChI=1S/C9H8ClF4N/c1-15-8(9(12,13)14)5-2-3-6(10)7(11)4-5/h2-4,8,15H,1H3/t8-/m1/s1. The normalized spacial score (nSPS) is 14.0. The maximum absolute atomic E-state index is 12.9. The number of nitrogens with one attached hydrogen (secondary N) is 1. The Morgan fingerprint density at radius 3 is 2.33 bits per heavy atom. The Balaban J connectivity index is 3.08. The first kappa shape index (κ1) is 12.3. The van der Waals surface area contributed by atoms with Crippen molar-refractivity contribution in [1.82, 2.24) is 5.32 Å². The van der Waals surface area contributed by atoms with E-state index in [4.69, 9.17) is 11.6 Å². The highest BCUT2D eigenvalue weighted by molar-refractivity contribution is 6.30. The topological polar surface area (TPSA) is 12.0 Å². The van der Waals surface area contributed by atoms with Gasteiger partial charge in [-0.05, 0) is 24.7 Å². The van der Waals surface area contributed by atoms with Crippen LogP contribution in [0.15, 0.2) is 18.2 Å². The van der Waals surface area contributed by atoms with Gasteiger partial charge in [0, 0.05) is 0 Å². The highest BCUT2D eigenvalue weighted by atomic mass is 35.5. The zero-order valence-corrected chi connectivity index (χ0v) is 8.46. The van der Waals surface area contributed by atoms with E-state index >= 15 is 0 Å². The largest absolute Gasteiger partial charge is 0.407 e. The summed E-state index contributed by atoms with van der Waals surface area (Å²) in [6.07, 6.45) is -4.46. The summed E-state index contributed by atoms with van der Waals surface area (Å²) in [7, 11) is 1.16. The summed E-state index contributed by atoms with van der Waals surface area (Å²) in [5.41, 5.74) is -0.202. The molecule has 1 aromatic carbocycles. The van der Waals surface area contributed by atoms with Crippen molar-refractivity contribution in [3.8, 4) is 0 Å². The van der Waals surface area contributed by atoms with Gasteiger partial charge in [-0.25, -0.2) is 4.39 Å². The van der Waals surface area contributed by atoms with Crippen molar-refractivity contribution in [2.45, 2.75) is 12.2 Å². The SMILES string of the molecule is CN[C@H](c1ccc(Cl)c(F)c1)C(F)(F)F. The Bertz CT molecular complexity index is 350. The maximum Gasteiger partial charge on any atom is 0.407 e. The minimum absolute atomic E-state index is 0.198. The second-order valence-electron chi connectivity index (χ2n) is 2.94. The molecule has 0 aromatic heterocycles. The average molecular weight is 242 g/mol. The zero-order valence-electron chi connectivity index (χ0n) is 7.70. The molecule has 15 heavy (non-hydrogen) atoms. The molecule has 0 fully saturated rings. The van der Waals surface area contributed by atoms with E-state index in [1.165, 1.54) is 0 Å². The molecule has 1 N–H and O–H groups in total. The van der Waals surface area contributed by atoms with Crippen LogP contribution in [0.2, 0.25) is 5.02 Å². The smallest absolute Gasteiger partial charge is 0.306 e. The van der Waals surface area contributed by atoms with Crippen molar-refractivity contribution in [1.29, 1.82) is 0 Å². The molecule has 0 saturated carbocycles. The van der Waals surface area contributed by atoms with Gasteiger partial charge in [0.05, 0.1) is 5.02 Å². The third-order valence-corrected chi connectivity index (χ3v) is 2.20. The van der Waals surface area contributed by atoms with Crippen LogP contribution in [-0.4, -0.2) is 13.2 Å². The summed E-state index contributed by atoms with van der Waals surface area (Å²) in [5, 5.41) is 1.87. The molecule has 84 valence electrons. The van der Waals surface area contributed by atoms with Crippen LogP contribution in [0.3, 0.4) is 0 Å². The van der Waals surface area contributed by atoms with Gasteiger partial charge >= 0.3 is 6.18 Å². The lowest BCUT2D eigenvalue weighted by Crippen LogP contribution is -2.31. The second-order valence-corrected chi connectivity index (χ2v) is 3.34. The fourth-order valence-electron chi connectivity index (χ4n) is 1.21. The molecule has 0 radical (unpaired) electrons. The molecule has 0 bridgehead atoms. The predicted molar refractivity (Wildman–Crippen MR) is 49.3 cm³/mol. The summed E-state index contributed by atoms with van der Waals surface area (Å²) in [5.74, 6) is -0.862. The first-order chi connectivity index (χ1) is 6.86. The molecule has 0 amide bonds. The molecule has 1 aromatic rings. The van der Waals surface area contributed by atoms with Gasteiger partial charge in [-0.15, -0.1) is 0 Å². The van der Waals surface area contributed by atoms with Crippen LogP contribution in [0.25, 0.3) is 0 Å². The lowest BCUT2D eigenvalue weighted by atomic mass is 10.1. The van der Waals surface area contributed by atoms with Crippen molar-refractivity contribution in [2.24, 2.45) is 0 Å². The van der Waals surface area contributed by atoms with Gasteiger partial charge in [0.25, 0.3) is 0 Å². The van der Waals surface area contributed by atoms with Crippen LogP contribution in [0, 0.1) is 5.82 Å². The molecule has 0 saturated heterocycles. The fraction of sp³-hybridized carbons (Fsp3) is 0.333. The Morgan fingerprint density at radius 1 is 1.33 bits per heavy atom. The number of benzene rings is 1. The van der Waals surface area contributed by atoms with Gasteiger partial charge < -0.3 is 5.32 Å². The molecule has 0 aliphatic carbocycles. The predicted octanol–water partition coefficient (Wildman–Crippen LogP) is 3.30. The molecule has 0 aliphatic heterocycles. The van der Waals surface area contributed by atoms with E-state index in [0.717, 1.165) is 25.2 Å². The summed E-state index contributed by atoms with van der Waals surface area (Å²) in [6, 6.07) is 1.13. The molecule has 6 heteroatoms. The van der Waals surface area contributed by atoms with Crippen LogP contribution < -0.4 is 5.32 Å². The minimum atomic E-state index is -4.46. The minimum Gasteiger partial charge on any atom is -0.306 e. The van der Waals surface area contributed by atoms with Gasteiger partial charge in [0.15, 0.2) is 0 Å². The molecule has 1 atom stereocenters. The van der Waals surface area contributed by atoms with E-state index in [1.807, 2.05) is 0 Å². The number of rotatable bonds is 2. The molecule has 0 spiro atoms. The molecule has 0 unspecified atom stereocenters.